The zero-order chi connectivity index (χ0) is 13.5. The molecule has 0 spiro atoms. The Morgan fingerprint density at radius 2 is 2.17 bits per heavy atom. The fraction of sp³-hybridized carbons (Fsp3) is 0.636. The average molecular weight is 364 g/mol. The minimum atomic E-state index is -0.456. The summed E-state index contributed by atoms with van der Waals surface area (Å²) in [4.78, 5) is 13.4. The third-order valence-electron chi connectivity index (χ3n) is 2.65. The van der Waals surface area contributed by atoms with Crippen molar-refractivity contribution in [1.82, 2.24) is 14.7 Å². The lowest BCUT2D eigenvalue weighted by atomic mass is 10.1. The van der Waals surface area contributed by atoms with E-state index in [0.29, 0.717) is 18.9 Å². The van der Waals surface area contributed by atoms with Crippen LogP contribution in [0.3, 0.4) is 0 Å². The SMILES string of the molecule is CC(C)(C)OC(=O)N1CC(n2ncc(I)c2N)C1. The van der Waals surface area contributed by atoms with Crippen molar-refractivity contribution in [2.24, 2.45) is 0 Å². The predicted molar refractivity (Wildman–Crippen MR) is 76.2 cm³/mol. The molecule has 0 radical (unpaired) electrons. The lowest BCUT2D eigenvalue weighted by molar-refractivity contribution is -0.000118. The van der Waals surface area contributed by atoms with E-state index in [0.717, 1.165) is 3.57 Å². The number of nitrogen functional groups attached to an aromatic ring is 1. The van der Waals surface area contributed by atoms with Gasteiger partial charge in [0.25, 0.3) is 0 Å². The fourth-order valence-corrected chi connectivity index (χ4v) is 2.10. The van der Waals surface area contributed by atoms with Crippen LogP contribution in [0.15, 0.2) is 6.20 Å². The van der Waals surface area contributed by atoms with Crippen molar-refractivity contribution in [1.29, 1.82) is 0 Å². The molecule has 2 heterocycles. The topological polar surface area (TPSA) is 73.4 Å². The van der Waals surface area contributed by atoms with Gasteiger partial charge in [-0.15, -0.1) is 0 Å². The van der Waals surface area contributed by atoms with Crippen molar-refractivity contribution in [3.05, 3.63) is 9.77 Å². The van der Waals surface area contributed by atoms with Gasteiger partial charge in [-0.25, -0.2) is 9.48 Å². The molecule has 1 saturated heterocycles. The van der Waals surface area contributed by atoms with Gasteiger partial charge in [-0.3, -0.25) is 0 Å². The normalized spacial score (nSPS) is 16.6. The Morgan fingerprint density at radius 1 is 1.56 bits per heavy atom. The number of carbonyl (C=O) groups excluding carboxylic acids is 1. The van der Waals surface area contributed by atoms with Gasteiger partial charge in [0.2, 0.25) is 0 Å². The van der Waals surface area contributed by atoms with Crippen LogP contribution in [-0.4, -0.2) is 39.5 Å². The molecule has 1 amide bonds. The molecule has 1 aromatic heterocycles. The van der Waals surface area contributed by atoms with E-state index in [1.165, 1.54) is 0 Å². The summed E-state index contributed by atoms with van der Waals surface area (Å²) in [7, 11) is 0. The quantitative estimate of drug-likeness (QED) is 0.773. The molecule has 0 aromatic carbocycles. The van der Waals surface area contributed by atoms with Crippen molar-refractivity contribution in [2.45, 2.75) is 32.4 Å². The van der Waals surface area contributed by atoms with E-state index in [-0.39, 0.29) is 12.1 Å². The van der Waals surface area contributed by atoms with Crippen LogP contribution in [0, 0.1) is 3.57 Å². The first kappa shape index (κ1) is 13.4. The second-order valence-electron chi connectivity index (χ2n) is 5.36. The molecule has 0 saturated carbocycles. The highest BCUT2D eigenvalue weighted by Crippen LogP contribution is 2.27. The molecule has 18 heavy (non-hydrogen) atoms. The maximum atomic E-state index is 11.7. The van der Waals surface area contributed by atoms with Crippen LogP contribution < -0.4 is 5.73 Å². The van der Waals surface area contributed by atoms with E-state index < -0.39 is 5.60 Å². The van der Waals surface area contributed by atoms with Gasteiger partial charge in [0.05, 0.1) is 15.8 Å². The summed E-state index contributed by atoms with van der Waals surface area (Å²) >= 11 is 2.14. The minimum absolute atomic E-state index is 0.154. The first-order valence-corrected chi connectivity index (χ1v) is 6.82. The first-order chi connectivity index (χ1) is 8.28. The summed E-state index contributed by atoms with van der Waals surface area (Å²) in [6.07, 6.45) is 1.45. The van der Waals surface area contributed by atoms with E-state index in [9.17, 15) is 4.79 Å². The molecule has 0 atom stereocenters. The molecule has 2 rings (SSSR count). The fourth-order valence-electron chi connectivity index (χ4n) is 1.73. The lowest BCUT2D eigenvalue weighted by Gasteiger charge is -2.39. The number of aromatic nitrogens is 2. The van der Waals surface area contributed by atoms with Gasteiger partial charge in [0.1, 0.15) is 11.4 Å². The van der Waals surface area contributed by atoms with Gasteiger partial charge in [0, 0.05) is 13.1 Å². The number of rotatable bonds is 1. The van der Waals surface area contributed by atoms with Crippen LogP contribution in [0.1, 0.15) is 26.8 Å². The van der Waals surface area contributed by atoms with Gasteiger partial charge in [-0.1, -0.05) is 0 Å². The number of carbonyl (C=O) groups is 1. The molecule has 0 unspecified atom stereocenters. The number of nitrogens with zero attached hydrogens (tertiary/aromatic N) is 3. The summed E-state index contributed by atoms with van der Waals surface area (Å²) in [5, 5.41) is 4.21. The molecule has 1 aliphatic heterocycles. The summed E-state index contributed by atoms with van der Waals surface area (Å²) in [5.74, 6) is 0.657. The van der Waals surface area contributed by atoms with E-state index in [1.807, 2.05) is 20.8 Å². The van der Waals surface area contributed by atoms with Gasteiger partial charge < -0.3 is 15.4 Å². The Morgan fingerprint density at radius 3 is 2.61 bits per heavy atom. The van der Waals surface area contributed by atoms with Gasteiger partial charge in [-0.2, -0.15) is 5.10 Å². The number of hydrogen-bond donors (Lipinski definition) is 1. The van der Waals surface area contributed by atoms with E-state index >= 15 is 0 Å². The van der Waals surface area contributed by atoms with Crippen LogP contribution in [-0.2, 0) is 4.74 Å². The Balaban J connectivity index is 1.91. The number of nitrogens with two attached hydrogens (primary N) is 1. The molecular formula is C11H17IN4O2. The van der Waals surface area contributed by atoms with Crippen LogP contribution in [0.25, 0.3) is 0 Å². The summed E-state index contributed by atoms with van der Waals surface area (Å²) in [5.41, 5.74) is 5.44. The highest BCUT2D eigenvalue weighted by atomic mass is 127. The molecule has 0 aliphatic carbocycles. The third-order valence-corrected chi connectivity index (χ3v) is 3.48. The largest absolute Gasteiger partial charge is 0.444 e. The lowest BCUT2D eigenvalue weighted by Crippen LogP contribution is -2.52. The van der Waals surface area contributed by atoms with Crippen molar-refractivity contribution in [3.63, 3.8) is 0 Å². The molecule has 6 nitrogen and oxygen atoms in total. The minimum Gasteiger partial charge on any atom is -0.444 e. The Hall–Kier alpha value is -0.990. The average Bonchev–Trinajstić information content (AvgIpc) is 2.44. The highest BCUT2D eigenvalue weighted by Gasteiger charge is 2.36. The van der Waals surface area contributed by atoms with Crippen LogP contribution in [0.5, 0.6) is 0 Å². The number of ether oxygens (including phenoxy) is 1. The maximum absolute atomic E-state index is 11.7. The monoisotopic (exact) mass is 364 g/mol. The molecule has 0 bridgehead atoms. The van der Waals surface area contributed by atoms with Crippen molar-refractivity contribution < 1.29 is 9.53 Å². The van der Waals surface area contributed by atoms with E-state index in [1.54, 1.807) is 15.8 Å². The number of likely N-dealkylation sites (tertiary alicyclic amines) is 1. The second-order valence-corrected chi connectivity index (χ2v) is 6.52. The molecule has 7 heteroatoms. The van der Waals surface area contributed by atoms with E-state index in [2.05, 4.69) is 27.7 Å². The highest BCUT2D eigenvalue weighted by molar-refractivity contribution is 14.1. The molecule has 2 N–H and O–H groups in total. The summed E-state index contributed by atoms with van der Waals surface area (Å²) in [6.45, 7) is 6.76. The maximum Gasteiger partial charge on any atom is 0.410 e. The van der Waals surface area contributed by atoms with E-state index in [4.69, 9.17) is 10.5 Å². The molecular weight excluding hydrogens is 347 g/mol. The van der Waals surface area contributed by atoms with Crippen LogP contribution in [0.4, 0.5) is 10.6 Å². The van der Waals surface area contributed by atoms with Crippen LogP contribution in [0.2, 0.25) is 0 Å². The Labute approximate surface area is 120 Å². The zero-order valence-electron chi connectivity index (χ0n) is 10.7. The standard InChI is InChI=1S/C11H17IN4O2/c1-11(2,3)18-10(17)15-5-7(6-15)16-9(13)8(12)4-14-16/h4,7H,5-6,13H2,1-3H3. The van der Waals surface area contributed by atoms with Crippen LogP contribution >= 0.6 is 22.6 Å². The number of anilines is 1. The van der Waals surface area contributed by atoms with Crippen molar-refractivity contribution in [2.75, 3.05) is 18.8 Å². The van der Waals surface area contributed by atoms with Gasteiger partial charge >= 0.3 is 6.09 Å². The number of amides is 1. The number of hydrogen-bond acceptors (Lipinski definition) is 4. The molecule has 1 fully saturated rings. The smallest absolute Gasteiger partial charge is 0.410 e. The molecule has 1 aromatic rings. The van der Waals surface area contributed by atoms with Gasteiger partial charge in [-0.05, 0) is 43.4 Å². The predicted octanol–water partition coefficient (Wildman–Crippen LogP) is 1.86. The second kappa shape index (κ2) is 4.60. The molecule has 1 aliphatic rings. The Kier molecular flexibility index (Phi) is 3.43. The molecule has 100 valence electrons. The number of halogens is 1. The van der Waals surface area contributed by atoms with Gasteiger partial charge in [0.15, 0.2) is 0 Å². The zero-order valence-corrected chi connectivity index (χ0v) is 12.8. The summed E-state index contributed by atoms with van der Waals surface area (Å²) < 4.78 is 7.99. The third kappa shape index (κ3) is 2.70. The Bertz CT molecular complexity index is 460. The summed E-state index contributed by atoms with van der Waals surface area (Å²) in [6, 6.07) is 0.154. The van der Waals surface area contributed by atoms with Crippen molar-refractivity contribution in [3.8, 4) is 0 Å². The first-order valence-electron chi connectivity index (χ1n) is 5.74. The van der Waals surface area contributed by atoms with Crippen molar-refractivity contribution >= 4 is 34.5 Å².